The van der Waals surface area contributed by atoms with Gasteiger partial charge in [0.1, 0.15) is 5.75 Å². The quantitative estimate of drug-likeness (QED) is 0.764. The van der Waals surface area contributed by atoms with E-state index in [1.54, 1.807) is 48.7 Å². The molecular weight excluding hydrogens is 226 g/mol. The van der Waals surface area contributed by atoms with E-state index in [0.29, 0.717) is 17.2 Å². The molecule has 0 aliphatic carbocycles. The van der Waals surface area contributed by atoms with Gasteiger partial charge in [-0.2, -0.15) is 0 Å². The standard InChI is InChI=1S/C12H8ClNO2/c13-12(15)9-5-1-2-6-10(9)16-11-7-3-4-8-14-11/h1-8H. The number of halogens is 1. The Bertz CT molecular complexity index is 499. The van der Waals surface area contributed by atoms with Gasteiger partial charge in [0.25, 0.3) is 5.24 Å². The summed E-state index contributed by atoms with van der Waals surface area (Å²) in [5, 5.41) is -0.550. The highest BCUT2D eigenvalue weighted by Crippen LogP contribution is 2.24. The molecule has 0 bridgehead atoms. The molecule has 0 N–H and O–H groups in total. The molecule has 2 rings (SSSR count). The minimum absolute atomic E-state index is 0.329. The average Bonchev–Trinajstić information content (AvgIpc) is 2.31. The normalized spacial score (nSPS) is 9.81. The molecule has 0 saturated carbocycles. The first-order valence-corrected chi connectivity index (χ1v) is 5.03. The van der Waals surface area contributed by atoms with Gasteiger partial charge in [-0.25, -0.2) is 4.98 Å². The number of ether oxygens (including phenoxy) is 1. The van der Waals surface area contributed by atoms with Gasteiger partial charge in [0.15, 0.2) is 0 Å². The zero-order chi connectivity index (χ0) is 11.4. The molecule has 0 atom stereocenters. The average molecular weight is 234 g/mol. The van der Waals surface area contributed by atoms with Gasteiger partial charge < -0.3 is 4.74 Å². The second-order valence-corrected chi connectivity index (χ2v) is 3.38. The Morgan fingerprint density at radius 2 is 1.88 bits per heavy atom. The summed E-state index contributed by atoms with van der Waals surface area (Å²) in [7, 11) is 0. The molecule has 0 radical (unpaired) electrons. The molecule has 3 nitrogen and oxygen atoms in total. The smallest absolute Gasteiger partial charge is 0.256 e. The Morgan fingerprint density at radius 1 is 1.12 bits per heavy atom. The molecule has 1 aromatic heterocycles. The fourth-order valence-electron chi connectivity index (χ4n) is 1.24. The predicted octanol–water partition coefficient (Wildman–Crippen LogP) is 3.25. The minimum atomic E-state index is -0.550. The molecular formula is C12H8ClNO2. The zero-order valence-electron chi connectivity index (χ0n) is 8.26. The first kappa shape index (κ1) is 10.6. The van der Waals surface area contributed by atoms with Crippen LogP contribution in [0.1, 0.15) is 10.4 Å². The first-order chi connectivity index (χ1) is 7.77. The van der Waals surface area contributed by atoms with E-state index in [4.69, 9.17) is 16.3 Å². The number of rotatable bonds is 3. The monoisotopic (exact) mass is 233 g/mol. The predicted molar refractivity (Wildman–Crippen MR) is 60.9 cm³/mol. The molecule has 0 spiro atoms. The van der Waals surface area contributed by atoms with Crippen molar-refractivity contribution >= 4 is 16.8 Å². The van der Waals surface area contributed by atoms with Crippen LogP contribution in [0.5, 0.6) is 11.6 Å². The molecule has 0 saturated heterocycles. The van der Waals surface area contributed by atoms with Crippen molar-refractivity contribution in [2.75, 3.05) is 0 Å². The van der Waals surface area contributed by atoms with Crippen molar-refractivity contribution in [3.63, 3.8) is 0 Å². The molecule has 2 aromatic rings. The number of para-hydroxylation sites is 1. The van der Waals surface area contributed by atoms with Gasteiger partial charge in [-0.15, -0.1) is 0 Å². The van der Waals surface area contributed by atoms with Crippen molar-refractivity contribution in [1.29, 1.82) is 0 Å². The second-order valence-electron chi connectivity index (χ2n) is 3.04. The lowest BCUT2D eigenvalue weighted by Crippen LogP contribution is -1.95. The summed E-state index contributed by atoms with van der Waals surface area (Å²) in [5.41, 5.74) is 0.329. The third-order valence-corrected chi connectivity index (χ3v) is 2.15. The SMILES string of the molecule is O=C(Cl)c1ccccc1Oc1ccccn1. The Labute approximate surface area is 97.7 Å². The Morgan fingerprint density at radius 3 is 2.56 bits per heavy atom. The molecule has 1 heterocycles. The summed E-state index contributed by atoms with van der Waals surface area (Å²) >= 11 is 5.44. The lowest BCUT2D eigenvalue weighted by atomic mass is 10.2. The fraction of sp³-hybridized carbons (Fsp3) is 0. The summed E-state index contributed by atoms with van der Waals surface area (Å²) in [6.45, 7) is 0. The Kier molecular flexibility index (Phi) is 3.17. The van der Waals surface area contributed by atoms with Crippen LogP contribution in [0.25, 0.3) is 0 Å². The largest absolute Gasteiger partial charge is 0.438 e. The van der Waals surface area contributed by atoms with E-state index in [2.05, 4.69) is 4.98 Å². The van der Waals surface area contributed by atoms with Crippen molar-refractivity contribution in [2.24, 2.45) is 0 Å². The van der Waals surface area contributed by atoms with E-state index in [-0.39, 0.29) is 0 Å². The van der Waals surface area contributed by atoms with Crippen molar-refractivity contribution < 1.29 is 9.53 Å². The number of aromatic nitrogens is 1. The maximum Gasteiger partial charge on any atom is 0.256 e. The third-order valence-electron chi connectivity index (χ3n) is 1.95. The lowest BCUT2D eigenvalue weighted by molar-refractivity contribution is 0.107. The van der Waals surface area contributed by atoms with Gasteiger partial charge >= 0.3 is 0 Å². The van der Waals surface area contributed by atoms with Gasteiger partial charge in [-0.1, -0.05) is 18.2 Å². The van der Waals surface area contributed by atoms with E-state index in [1.807, 2.05) is 0 Å². The number of nitrogens with zero attached hydrogens (tertiary/aromatic N) is 1. The highest BCUT2D eigenvalue weighted by atomic mass is 35.5. The maximum atomic E-state index is 11.1. The van der Waals surface area contributed by atoms with Crippen LogP contribution in [-0.4, -0.2) is 10.2 Å². The van der Waals surface area contributed by atoms with Crippen LogP contribution in [0.2, 0.25) is 0 Å². The number of hydrogen-bond acceptors (Lipinski definition) is 3. The molecule has 0 fully saturated rings. The molecule has 0 aliphatic heterocycles. The van der Waals surface area contributed by atoms with Gasteiger partial charge in [0.2, 0.25) is 5.88 Å². The van der Waals surface area contributed by atoms with Crippen molar-refractivity contribution in [2.45, 2.75) is 0 Å². The lowest BCUT2D eigenvalue weighted by Gasteiger charge is -2.06. The summed E-state index contributed by atoms with van der Waals surface area (Å²) in [5.74, 6) is 0.828. The highest BCUT2D eigenvalue weighted by Gasteiger charge is 2.10. The number of carbonyl (C=O) groups is 1. The van der Waals surface area contributed by atoms with Gasteiger partial charge in [-0.05, 0) is 29.8 Å². The van der Waals surface area contributed by atoms with E-state index in [1.165, 1.54) is 0 Å². The van der Waals surface area contributed by atoms with Crippen molar-refractivity contribution in [1.82, 2.24) is 4.98 Å². The number of carbonyl (C=O) groups excluding carboxylic acids is 1. The molecule has 80 valence electrons. The number of benzene rings is 1. The topological polar surface area (TPSA) is 39.2 Å². The van der Waals surface area contributed by atoms with Crippen LogP contribution in [-0.2, 0) is 0 Å². The summed E-state index contributed by atoms with van der Waals surface area (Å²) in [6, 6.07) is 12.1. The van der Waals surface area contributed by atoms with E-state index < -0.39 is 5.24 Å². The maximum absolute atomic E-state index is 11.1. The van der Waals surface area contributed by atoms with Gasteiger partial charge in [-0.3, -0.25) is 4.79 Å². The summed E-state index contributed by atoms with van der Waals surface area (Å²) < 4.78 is 5.45. The molecule has 4 heteroatoms. The molecule has 0 aliphatic rings. The van der Waals surface area contributed by atoms with Crippen molar-refractivity contribution in [3.8, 4) is 11.6 Å². The Hall–Kier alpha value is -1.87. The van der Waals surface area contributed by atoms with Gasteiger partial charge in [0, 0.05) is 12.3 Å². The van der Waals surface area contributed by atoms with E-state index >= 15 is 0 Å². The second kappa shape index (κ2) is 4.77. The van der Waals surface area contributed by atoms with Crippen molar-refractivity contribution in [3.05, 3.63) is 54.2 Å². The molecule has 1 aromatic carbocycles. The van der Waals surface area contributed by atoms with Crippen LogP contribution >= 0.6 is 11.6 Å². The molecule has 0 unspecified atom stereocenters. The van der Waals surface area contributed by atoms with Crippen LogP contribution in [0.15, 0.2) is 48.7 Å². The fourth-order valence-corrected chi connectivity index (χ4v) is 1.39. The van der Waals surface area contributed by atoms with Crippen LogP contribution in [0.3, 0.4) is 0 Å². The Balaban J connectivity index is 2.31. The number of pyridine rings is 1. The highest BCUT2D eigenvalue weighted by molar-refractivity contribution is 6.68. The molecule has 0 amide bonds. The van der Waals surface area contributed by atoms with Gasteiger partial charge in [0.05, 0.1) is 5.56 Å². The van der Waals surface area contributed by atoms with Crippen LogP contribution in [0.4, 0.5) is 0 Å². The summed E-state index contributed by atoms with van der Waals surface area (Å²) in [4.78, 5) is 15.1. The molecule has 16 heavy (non-hydrogen) atoms. The summed E-state index contributed by atoms with van der Waals surface area (Å²) in [6.07, 6.45) is 1.61. The van der Waals surface area contributed by atoms with Crippen LogP contribution < -0.4 is 4.74 Å². The van der Waals surface area contributed by atoms with E-state index in [0.717, 1.165) is 0 Å². The van der Waals surface area contributed by atoms with E-state index in [9.17, 15) is 4.79 Å². The first-order valence-electron chi connectivity index (χ1n) is 4.65. The number of hydrogen-bond donors (Lipinski definition) is 0. The third kappa shape index (κ3) is 2.38. The minimum Gasteiger partial charge on any atom is -0.438 e. The van der Waals surface area contributed by atoms with Crippen LogP contribution in [0, 0.1) is 0 Å². The zero-order valence-corrected chi connectivity index (χ0v) is 9.02.